The molecule has 1 fully saturated rings. The van der Waals surface area contributed by atoms with Crippen molar-refractivity contribution in [2.24, 2.45) is 11.1 Å². The van der Waals surface area contributed by atoms with Crippen molar-refractivity contribution in [1.82, 2.24) is 9.91 Å². The molecular weight excluding hydrogens is 186 g/mol. The predicted octanol–water partition coefficient (Wildman–Crippen LogP) is 0.728. The molecule has 0 radical (unpaired) electrons. The summed E-state index contributed by atoms with van der Waals surface area (Å²) in [6.07, 6.45) is 4.65. The van der Waals surface area contributed by atoms with E-state index in [0.717, 1.165) is 13.1 Å². The van der Waals surface area contributed by atoms with Crippen LogP contribution in [-0.4, -0.2) is 34.3 Å². The standard InChI is InChI=1S/C7H13N5S/c1-10-6-7(13-12(10)9-8)11-4-2-3-5-11/h6,8H,2-5H2,1H3/p+1. The molecule has 0 spiro atoms. The lowest BCUT2D eigenvalue weighted by molar-refractivity contribution is -0.582. The highest BCUT2D eigenvalue weighted by molar-refractivity contribution is 7.97. The van der Waals surface area contributed by atoms with E-state index in [4.69, 9.17) is 5.84 Å². The Kier molecular flexibility index (Phi) is 2.30. The van der Waals surface area contributed by atoms with Crippen LogP contribution in [0.25, 0.3) is 0 Å². The molecule has 13 heavy (non-hydrogen) atoms. The molecule has 0 unspecified atom stereocenters. The lowest BCUT2D eigenvalue weighted by Crippen LogP contribution is -2.16. The van der Waals surface area contributed by atoms with E-state index >= 15 is 0 Å². The molecule has 2 heterocycles. The van der Waals surface area contributed by atoms with Gasteiger partial charge in [0.25, 0.3) is 0 Å². The summed E-state index contributed by atoms with van der Waals surface area (Å²) < 4.78 is 1.67. The second-order valence-electron chi connectivity index (χ2n) is 3.19. The van der Waals surface area contributed by atoms with Gasteiger partial charge in [0.2, 0.25) is 0 Å². The second kappa shape index (κ2) is 3.45. The van der Waals surface area contributed by atoms with Gasteiger partial charge >= 0.3 is 0 Å². The Hall–Kier alpha value is -0.910. The highest BCUT2D eigenvalue weighted by atomic mass is 32.2. The fraction of sp³-hybridized carbons (Fsp3) is 0.714. The third kappa shape index (κ3) is 1.58. The van der Waals surface area contributed by atoms with Gasteiger partial charge < -0.3 is 4.90 Å². The topological polar surface area (TPSA) is 47.9 Å². The summed E-state index contributed by atoms with van der Waals surface area (Å²) in [5.41, 5.74) is 0. The summed E-state index contributed by atoms with van der Waals surface area (Å²) in [5.74, 6) is 5.22. The number of nitrogens with two attached hydrogens (primary N) is 1. The van der Waals surface area contributed by atoms with E-state index in [-0.39, 0.29) is 0 Å². The summed E-state index contributed by atoms with van der Waals surface area (Å²) in [6.45, 7) is 2.32. The maximum atomic E-state index is 5.22. The molecule has 0 aromatic rings. The number of rotatable bonds is 1. The van der Waals surface area contributed by atoms with E-state index in [1.54, 1.807) is 16.2 Å². The Labute approximate surface area is 81.9 Å². The fourth-order valence-corrected chi connectivity index (χ4v) is 2.45. The van der Waals surface area contributed by atoms with Gasteiger partial charge in [-0.15, -0.1) is 0 Å². The van der Waals surface area contributed by atoms with Crippen LogP contribution in [0.3, 0.4) is 0 Å². The Morgan fingerprint density at radius 2 is 2.23 bits per heavy atom. The molecule has 0 aromatic carbocycles. The van der Waals surface area contributed by atoms with Crippen LogP contribution in [-0.2, 0) is 0 Å². The Morgan fingerprint density at radius 3 is 2.77 bits per heavy atom. The van der Waals surface area contributed by atoms with Crippen LogP contribution in [0, 0.1) is 0 Å². The first-order valence-electron chi connectivity index (χ1n) is 4.40. The zero-order valence-electron chi connectivity index (χ0n) is 7.68. The third-order valence-corrected chi connectivity index (χ3v) is 3.32. The van der Waals surface area contributed by atoms with Crippen LogP contribution in [0.15, 0.2) is 16.5 Å². The van der Waals surface area contributed by atoms with Gasteiger partial charge in [-0.05, 0) is 12.8 Å². The molecule has 6 heteroatoms. The molecule has 72 valence electrons. The average molecular weight is 200 g/mol. The summed E-state index contributed by atoms with van der Waals surface area (Å²) in [5, 5.41) is 6.77. The van der Waals surface area contributed by atoms with Crippen molar-refractivity contribution in [3.8, 4) is 0 Å². The minimum Gasteiger partial charge on any atom is -0.362 e. The summed E-state index contributed by atoms with van der Waals surface area (Å²) in [7, 11) is 1.94. The molecule has 5 nitrogen and oxygen atoms in total. The lowest BCUT2D eigenvalue weighted by atomic mass is 10.4. The molecule has 2 N–H and O–H groups in total. The number of hydrogen-bond acceptors (Lipinski definition) is 3. The number of nitrogens with zero attached hydrogens (tertiary/aromatic N) is 4. The highest BCUT2D eigenvalue weighted by Crippen LogP contribution is 2.31. The van der Waals surface area contributed by atoms with Crippen molar-refractivity contribution in [3.63, 3.8) is 0 Å². The molecule has 0 saturated carbocycles. The Morgan fingerprint density at radius 1 is 1.54 bits per heavy atom. The molecular formula is C7H14N5S+. The SMILES string of the molecule is CN1C=C(N2CCCC2)S[N+]1=NN. The van der Waals surface area contributed by atoms with Crippen molar-refractivity contribution in [3.05, 3.63) is 11.2 Å². The van der Waals surface area contributed by atoms with E-state index in [0.29, 0.717) is 0 Å². The minimum atomic E-state index is 1.16. The zero-order chi connectivity index (χ0) is 9.26. The lowest BCUT2D eigenvalue weighted by Gasteiger charge is -2.13. The zero-order valence-corrected chi connectivity index (χ0v) is 8.50. The van der Waals surface area contributed by atoms with Gasteiger partial charge in [-0.1, -0.05) is 0 Å². The average Bonchev–Trinajstić information content (AvgIpc) is 2.71. The van der Waals surface area contributed by atoms with E-state index < -0.39 is 0 Å². The molecule has 2 aliphatic rings. The monoisotopic (exact) mass is 200 g/mol. The minimum absolute atomic E-state index is 1.16. The summed E-state index contributed by atoms with van der Waals surface area (Å²) in [4.78, 5) is 2.37. The third-order valence-electron chi connectivity index (χ3n) is 2.26. The van der Waals surface area contributed by atoms with Crippen molar-refractivity contribution >= 4 is 11.9 Å². The van der Waals surface area contributed by atoms with E-state index in [1.165, 1.54) is 17.9 Å². The number of likely N-dealkylation sites (tertiary alicyclic amines) is 1. The van der Waals surface area contributed by atoms with Gasteiger partial charge in [-0.2, -0.15) is 10.9 Å². The van der Waals surface area contributed by atoms with Crippen LogP contribution < -0.4 is 5.84 Å². The van der Waals surface area contributed by atoms with Gasteiger partial charge in [0, 0.05) is 17.3 Å². The maximum absolute atomic E-state index is 5.22. The van der Waals surface area contributed by atoms with E-state index in [2.05, 4.69) is 16.3 Å². The molecule has 0 aromatic heterocycles. The van der Waals surface area contributed by atoms with E-state index in [9.17, 15) is 0 Å². The molecule has 1 saturated heterocycles. The van der Waals surface area contributed by atoms with Gasteiger partial charge in [-0.3, -0.25) is 0 Å². The quantitative estimate of drug-likeness (QED) is 0.293. The smallest absolute Gasteiger partial charge is 0.170 e. The molecule has 2 aliphatic heterocycles. The van der Waals surface area contributed by atoms with E-state index in [1.807, 2.05) is 12.1 Å². The van der Waals surface area contributed by atoms with Crippen molar-refractivity contribution in [2.75, 3.05) is 20.1 Å². The fourth-order valence-electron chi connectivity index (χ4n) is 1.56. The second-order valence-corrected chi connectivity index (χ2v) is 4.12. The van der Waals surface area contributed by atoms with Crippen LogP contribution >= 0.6 is 11.9 Å². The van der Waals surface area contributed by atoms with Crippen LogP contribution in [0.4, 0.5) is 0 Å². The first-order chi connectivity index (χ1) is 6.31. The molecule has 0 aliphatic carbocycles. The maximum Gasteiger partial charge on any atom is 0.170 e. The molecule has 0 bridgehead atoms. The Balaban J connectivity index is 2.06. The first-order valence-corrected chi connectivity index (χ1v) is 5.17. The largest absolute Gasteiger partial charge is 0.362 e. The highest BCUT2D eigenvalue weighted by Gasteiger charge is 2.27. The predicted molar refractivity (Wildman–Crippen MR) is 51.1 cm³/mol. The Bertz CT molecular complexity index is 256. The van der Waals surface area contributed by atoms with Gasteiger partial charge in [-0.25, -0.2) is 0 Å². The number of hydrogen-bond donors (Lipinski definition) is 1. The molecule has 0 amide bonds. The van der Waals surface area contributed by atoms with Gasteiger partial charge in [0.05, 0.1) is 13.2 Å². The first kappa shape index (κ1) is 8.68. The summed E-state index contributed by atoms with van der Waals surface area (Å²) in [6, 6.07) is 0. The van der Waals surface area contributed by atoms with Crippen LogP contribution in [0.2, 0.25) is 0 Å². The van der Waals surface area contributed by atoms with Crippen molar-refractivity contribution in [2.45, 2.75) is 12.8 Å². The van der Waals surface area contributed by atoms with Crippen LogP contribution in [0.1, 0.15) is 12.8 Å². The molecule has 2 rings (SSSR count). The van der Waals surface area contributed by atoms with Crippen LogP contribution in [0.5, 0.6) is 0 Å². The summed E-state index contributed by atoms with van der Waals surface area (Å²) >= 11 is 1.57. The van der Waals surface area contributed by atoms with Gasteiger partial charge in [0.1, 0.15) is 10.3 Å². The van der Waals surface area contributed by atoms with Crippen molar-refractivity contribution < 1.29 is 4.21 Å². The number of hydrazine groups is 1. The molecule has 0 atom stereocenters. The van der Waals surface area contributed by atoms with Gasteiger partial charge in [0.15, 0.2) is 11.9 Å². The normalized spacial score (nSPS) is 25.9. The van der Waals surface area contributed by atoms with Crippen molar-refractivity contribution in [1.29, 1.82) is 0 Å².